The van der Waals surface area contributed by atoms with E-state index < -0.39 is 0 Å². The second-order valence-corrected chi connectivity index (χ2v) is 2.97. The number of ether oxygens (including phenoxy) is 1. The van der Waals surface area contributed by atoms with Gasteiger partial charge in [-0.05, 0) is 12.5 Å². The van der Waals surface area contributed by atoms with Crippen molar-refractivity contribution in [3.63, 3.8) is 0 Å². The van der Waals surface area contributed by atoms with Crippen molar-refractivity contribution < 1.29 is 4.74 Å². The van der Waals surface area contributed by atoms with E-state index >= 15 is 0 Å². The molecule has 0 unspecified atom stereocenters. The van der Waals surface area contributed by atoms with Gasteiger partial charge >= 0.3 is 0 Å². The molecule has 2 heterocycles. The van der Waals surface area contributed by atoms with E-state index in [9.17, 15) is 0 Å². The van der Waals surface area contributed by atoms with Crippen molar-refractivity contribution in [2.24, 2.45) is 0 Å². The van der Waals surface area contributed by atoms with Crippen LogP contribution in [0.1, 0.15) is 11.1 Å². The normalized spacial score (nSPS) is 13.7. The summed E-state index contributed by atoms with van der Waals surface area (Å²) in [6.45, 7) is 3.68. The average Bonchev–Trinajstić information content (AvgIpc) is 2.56. The fourth-order valence-corrected chi connectivity index (χ4v) is 1.58. The maximum atomic E-state index is 8.58. The highest BCUT2D eigenvalue weighted by molar-refractivity contribution is 5.39. The van der Waals surface area contributed by atoms with Crippen molar-refractivity contribution in [3.05, 3.63) is 17.3 Å². The third-order valence-corrected chi connectivity index (χ3v) is 2.17. The molecule has 0 bridgehead atoms. The number of nitrogens with zero attached hydrogens (tertiary/aromatic N) is 2. The van der Waals surface area contributed by atoms with E-state index in [0.29, 0.717) is 6.42 Å². The first-order valence-electron chi connectivity index (χ1n) is 4.01. The van der Waals surface area contributed by atoms with Gasteiger partial charge in [-0.2, -0.15) is 5.26 Å². The Morgan fingerprint density at radius 3 is 3.33 bits per heavy atom. The minimum atomic E-state index is 0.453. The van der Waals surface area contributed by atoms with E-state index in [1.165, 1.54) is 0 Å². The first-order valence-corrected chi connectivity index (χ1v) is 4.01. The number of rotatable bonds is 1. The molecule has 62 valence electrons. The van der Waals surface area contributed by atoms with E-state index in [1.54, 1.807) is 0 Å². The molecule has 12 heavy (non-hydrogen) atoms. The topological polar surface area (TPSA) is 38.0 Å². The molecule has 1 aromatic heterocycles. The molecule has 3 heteroatoms. The Kier molecular flexibility index (Phi) is 1.54. The van der Waals surface area contributed by atoms with Crippen LogP contribution in [-0.4, -0.2) is 11.2 Å². The molecule has 3 nitrogen and oxygen atoms in total. The van der Waals surface area contributed by atoms with Crippen LogP contribution in [0.2, 0.25) is 0 Å². The highest BCUT2D eigenvalue weighted by Gasteiger charge is 2.18. The summed E-state index contributed by atoms with van der Waals surface area (Å²) in [7, 11) is 0. The van der Waals surface area contributed by atoms with Crippen molar-refractivity contribution in [1.29, 1.82) is 5.26 Å². The van der Waals surface area contributed by atoms with Gasteiger partial charge in [-0.25, -0.2) is 0 Å². The summed E-state index contributed by atoms with van der Waals surface area (Å²) in [5.74, 6) is 0.897. The van der Waals surface area contributed by atoms with E-state index in [1.807, 2.05) is 6.92 Å². The summed E-state index contributed by atoms with van der Waals surface area (Å²) >= 11 is 0. The monoisotopic (exact) mass is 162 g/mol. The van der Waals surface area contributed by atoms with Crippen LogP contribution >= 0.6 is 0 Å². The van der Waals surface area contributed by atoms with Crippen molar-refractivity contribution in [3.8, 4) is 11.9 Å². The third kappa shape index (κ3) is 0.884. The minimum Gasteiger partial charge on any atom is -0.477 e. The van der Waals surface area contributed by atoms with Crippen LogP contribution in [0.5, 0.6) is 5.88 Å². The Labute approximate surface area is 71.2 Å². The highest BCUT2D eigenvalue weighted by Crippen LogP contribution is 2.28. The smallest absolute Gasteiger partial charge is 0.198 e. The predicted molar refractivity (Wildman–Crippen MR) is 44.0 cm³/mol. The van der Waals surface area contributed by atoms with Crippen LogP contribution < -0.4 is 4.74 Å². The Morgan fingerprint density at radius 1 is 1.75 bits per heavy atom. The summed E-state index contributed by atoms with van der Waals surface area (Å²) in [4.78, 5) is 0. The van der Waals surface area contributed by atoms with Crippen LogP contribution in [0.25, 0.3) is 0 Å². The minimum absolute atomic E-state index is 0.453. The van der Waals surface area contributed by atoms with Crippen LogP contribution in [0.15, 0.2) is 6.20 Å². The molecule has 0 spiro atoms. The molecule has 0 fully saturated rings. The number of hydrogen-bond acceptors (Lipinski definition) is 2. The van der Waals surface area contributed by atoms with Gasteiger partial charge in [-0.3, -0.25) is 0 Å². The lowest BCUT2D eigenvalue weighted by Crippen LogP contribution is -1.93. The lowest BCUT2D eigenvalue weighted by Gasteiger charge is -1.97. The molecule has 2 rings (SSSR count). The Morgan fingerprint density at radius 2 is 2.58 bits per heavy atom. The molecule has 1 aliphatic rings. The Balaban J connectivity index is 2.46. The molecule has 0 N–H and O–H groups in total. The van der Waals surface area contributed by atoms with Crippen molar-refractivity contribution in [2.45, 2.75) is 19.9 Å². The van der Waals surface area contributed by atoms with Crippen LogP contribution in [0.4, 0.5) is 0 Å². The van der Waals surface area contributed by atoms with E-state index in [-0.39, 0.29) is 0 Å². The maximum absolute atomic E-state index is 8.58. The zero-order chi connectivity index (χ0) is 8.55. The zero-order valence-electron chi connectivity index (χ0n) is 7.00. The Bertz CT molecular complexity index is 346. The fraction of sp³-hybridized carbons (Fsp3) is 0.444. The quantitative estimate of drug-likeness (QED) is 0.623. The third-order valence-electron chi connectivity index (χ3n) is 2.17. The number of aryl methyl sites for hydroxylation is 1. The molecule has 0 radical (unpaired) electrons. The van der Waals surface area contributed by atoms with Crippen molar-refractivity contribution in [2.75, 3.05) is 6.61 Å². The molecule has 0 atom stereocenters. The van der Waals surface area contributed by atoms with Crippen LogP contribution in [-0.2, 0) is 13.0 Å². The number of nitriles is 1. The van der Waals surface area contributed by atoms with Gasteiger partial charge in [0.25, 0.3) is 0 Å². The molecular formula is C9H10N2O. The molecule has 1 aromatic rings. The zero-order valence-corrected chi connectivity index (χ0v) is 7.00. The van der Waals surface area contributed by atoms with E-state index in [2.05, 4.69) is 16.8 Å². The fourth-order valence-electron chi connectivity index (χ4n) is 1.58. The number of hydrogen-bond donors (Lipinski definition) is 0. The average molecular weight is 162 g/mol. The van der Waals surface area contributed by atoms with Crippen LogP contribution in [0, 0.1) is 18.3 Å². The SMILES string of the molecule is Cc1cn2c(c1CC#N)OCC2. The first kappa shape index (κ1) is 7.23. The van der Waals surface area contributed by atoms with Crippen molar-refractivity contribution in [1.82, 2.24) is 4.57 Å². The van der Waals surface area contributed by atoms with Gasteiger partial charge in [0.1, 0.15) is 6.61 Å². The second-order valence-electron chi connectivity index (χ2n) is 2.97. The summed E-state index contributed by atoms with van der Waals surface area (Å²) in [5.41, 5.74) is 2.21. The summed E-state index contributed by atoms with van der Waals surface area (Å²) in [6.07, 6.45) is 2.50. The molecule has 1 aliphatic heterocycles. The number of aromatic nitrogens is 1. The lowest BCUT2D eigenvalue weighted by molar-refractivity contribution is 0.354. The van der Waals surface area contributed by atoms with Gasteiger partial charge in [0, 0.05) is 11.8 Å². The standard InChI is InChI=1S/C9H10N2O/c1-7-6-11-4-5-12-9(11)8(7)2-3-10/h6H,2,4-5H2,1H3. The molecule has 0 aliphatic carbocycles. The van der Waals surface area contributed by atoms with Gasteiger partial charge < -0.3 is 9.30 Å². The largest absolute Gasteiger partial charge is 0.477 e. The maximum Gasteiger partial charge on any atom is 0.198 e. The van der Waals surface area contributed by atoms with Crippen LogP contribution in [0.3, 0.4) is 0 Å². The van der Waals surface area contributed by atoms with Crippen molar-refractivity contribution >= 4 is 0 Å². The summed E-state index contributed by atoms with van der Waals surface area (Å²) in [5, 5.41) is 8.58. The Hall–Kier alpha value is -1.43. The molecular weight excluding hydrogens is 152 g/mol. The first-order chi connectivity index (χ1) is 5.83. The second kappa shape index (κ2) is 2.56. The molecule has 0 saturated heterocycles. The molecule has 0 saturated carbocycles. The summed E-state index contributed by atoms with van der Waals surface area (Å²) in [6, 6.07) is 2.15. The lowest BCUT2D eigenvalue weighted by atomic mass is 10.2. The molecule has 0 amide bonds. The van der Waals surface area contributed by atoms with E-state index in [4.69, 9.17) is 10.00 Å². The van der Waals surface area contributed by atoms with Gasteiger partial charge in [0.05, 0.1) is 19.0 Å². The van der Waals surface area contributed by atoms with Gasteiger partial charge in [-0.1, -0.05) is 0 Å². The highest BCUT2D eigenvalue weighted by atomic mass is 16.5. The molecule has 0 aromatic carbocycles. The van der Waals surface area contributed by atoms with Gasteiger partial charge in [0.2, 0.25) is 0 Å². The predicted octanol–water partition coefficient (Wildman–Crippen LogP) is 1.25. The van der Waals surface area contributed by atoms with Gasteiger partial charge in [-0.15, -0.1) is 0 Å². The summed E-state index contributed by atoms with van der Waals surface area (Å²) < 4.78 is 7.49. The number of fused-ring (bicyclic) bond motifs is 1. The van der Waals surface area contributed by atoms with Gasteiger partial charge in [0.15, 0.2) is 5.88 Å². The van der Waals surface area contributed by atoms with E-state index in [0.717, 1.165) is 30.2 Å².